The molecule has 2 nitrogen and oxygen atoms in total. The fraction of sp³-hybridized carbons (Fsp3) is 0.538. The van der Waals surface area contributed by atoms with Crippen LogP contribution < -0.4 is 10.2 Å². The van der Waals surface area contributed by atoms with Gasteiger partial charge in [0.05, 0.1) is 0 Å². The third-order valence-corrected chi connectivity index (χ3v) is 4.04. The Balaban J connectivity index is 2.07. The van der Waals surface area contributed by atoms with Gasteiger partial charge in [-0.25, -0.2) is 4.39 Å². The predicted octanol–water partition coefficient (Wildman–Crippen LogP) is 1.90. The standard InChI is InChI=1S/C13H17FN2/c1-16-9-13(4-6-15-7-5-13)11-3-2-10(14)8-12(11)16/h2-3,8,15H,4-7,9H2,1H3. The monoisotopic (exact) mass is 220 g/mol. The lowest BCUT2D eigenvalue weighted by Crippen LogP contribution is -2.42. The molecule has 2 aliphatic rings. The summed E-state index contributed by atoms with van der Waals surface area (Å²) in [6.07, 6.45) is 2.33. The van der Waals surface area contributed by atoms with Crippen LogP contribution in [0.1, 0.15) is 18.4 Å². The summed E-state index contributed by atoms with van der Waals surface area (Å²) in [5, 5.41) is 3.40. The molecular formula is C13H17FN2. The van der Waals surface area contributed by atoms with Gasteiger partial charge in [0.15, 0.2) is 0 Å². The fourth-order valence-corrected chi connectivity index (χ4v) is 3.23. The molecule has 1 saturated heterocycles. The van der Waals surface area contributed by atoms with Crippen molar-refractivity contribution < 1.29 is 4.39 Å². The van der Waals surface area contributed by atoms with Crippen LogP contribution in [0.3, 0.4) is 0 Å². The smallest absolute Gasteiger partial charge is 0.125 e. The zero-order chi connectivity index (χ0) is 11.2. The molecule has 3 heteroatoms. The van der Waals surface area contributed by atoms with Gasteiger partial charge in [-0.3, -0.25) is 0 Å². The Labute approximate surface area is 95.4 Å². The molecule has 2 heterocycles. The van der Waals surface area contributed by atoms with E-state index in [1.807, 2.05) is 6.07 Å². The second-order valence-corrected chi connectivity index (χ2v) is 5.05. The van der Waals surface area contributed by atoms with Crippen molar-refractivity contribution in [2.24, 2.45) is 0 Å². The zero-order valence-corrected chi connectivity index (χ0v) is 9.59. The van der Waals surface area contributed by atoms with E-state index in [1.54, 1.807) is 12.1 Å². The van der Waals surface area contributed by atoms with Crippen LogP contribution in [0.15, 0.2) is 18.2 Å². The Hall–Kier alpha value is -1.09. The number of nitrogens with zero attached hydrogens (tertiary/aromatic N) is 1. The van der Waals surface area contributed by atoms with Gasteiger partial charge in [0.1, 0.15) is 5.82 Å². The Kier molecular flexibility index (Phi) is 2.18. The quantitative estimate of drug-likeness (QED) is 0.718. The molecule has 0 unspecified atom stereocenters. The number of halogens is 1. The van der Waals surface area contributed by atoms with E-state index >= 15 is 0 Å². The van der Waals surface area contributed by atoms with Crippen molar-refractivity contribution in [3.05, 3.63) is 29.6 Å². The molecule has 0 bridgehead atoms. The third-order valence-electron chi connectivity index (χ3n) is 4.04. The molecule has 1 fully saturated rings. The first-order chi connectivity index (χ1) is 7.71. The average Bonchev–Trinajstić information content (AvgIpc) is 2.53. The topological polar surface area (TPSA) is 15.3 Å². The van der Waals surface area contributed by atoms with Crippen LogP contribution in [0, 0.1) is 5.82 Å². The highest BCUT2D eigenvalue weighted by atomic mass is 19.1. The summed E-state index contributed by atoms with van der Waals surface area (Å²) in [4.78, 5) is 2.20. The number of fused-ring (bicyclic) bond motifs is 2. The maximum atomic E-state index is 13.3. The van der Waals surface area contributed by atoms with E-state index in [0.717, 1.165) is 38.2 Å². The molecule has 0 aromatic heterocycles. The van der Waals surface area contributed by atoms with Crippen molar-refractivity contribution in [1.82, 2.24) is 5.32 Å². The molecule has 3 rings (SSSR count). The van der Waals surface area contributed by atoms with Crippen molar-refractivity contribution >= 4 is 5.69 Å². The highest BCUT2D eigenvalue weighted by Crippen LogP contribution is 2.45. The second kappa shape index (κ2) is 3.45. The van der Waals surface area contributed by atoms with Gasteiger partial charge in [0.2, 0.25) is 0 Å². The minimum absolute atomic E-state index is 0.128. The van der Waals surface area contributed by atoms with Crippen molar-refractivity contribution in [1.29, 1.82) is 0 Å². The summed E-state index contributed by atoms with van der Waals surface area (Å²) < 4.78 is 13.3. The highest BCUT2D eigenvalue weighted by Gasteiger charge is 2.42. The molecule has 1 N–H and O–H groups in total. The molecule has 0 aliphatic carbocycles. The zero-order valence-electron chi connectivity index (χ0n) is 9.59. The molecule has 0 atom stereocenters. The highest BCUT2D eigenvalue weighted by molar-refractivity contribution is 5.62. The number of rotatable bonds is 0. The van der Waals surface area contributed by atoms with Crippen LogP contribution in [0.4, 0.5) is 10.1 Å². The molecule has 0 amide bonds. The summed E-state index contributed by atoms with van der Waals surface area (Å²) in [5.41, 5.74) is 2.70. The Morgan fingerprint density at radius 2 is 2.06 bits per heavy atom. The van der Waals surface area contributed by atoms with Crippen LogP contribution in [0.25, 0.3) is 0 Å². The number of benzene rings is 1. The van der Waals surface area contributed by atoms with E-state index in [1.165, 1.54) is 5.56 Å². The van der Waals surface area contributed by atoms with E-state index < -0.39 is 0 Å². The minimum Gasteiger partial charge on any atom is -0.373 e. The second-order valence-electron chi connectivity index (χ2n) is 5.05. The number of piperidine rings is 1. The molecule has 2 aliphatic heterocycles. The van der Waals surface area contributed by atoms with Gasteiger partial charge in [-0.2, -0.15) is 0 Å². The van der Waals surface area contributed by atoms with Gasteiger partial charge >= 0.3 is 0 Å². The SMILES string of the molecule is CN1CC2(CCNCC2)c2ccc(F)cc21. The van der Waals surface area contributed by atoms with Gasteiger partial charge < -0.3 is 10.2 Å². The molecular weight excluding hydrogens is 203 g/mol. The summed E-state index contributed by atoms with van der Waals surface area (Å²) in [6.45, 7) is 3.18. The summed E-state index contributed by atoms with van der Waals surface area (Å²) in [5.74, 6) is -0.128. The average molecular weight is 220 g/mol. The number of anilines is 1. The molecule has 16 heavy (non-hydrogen) atoms. The van der Waals surface area contributed by atoms with Crippen molar-refractivity contribution in [2.45, 2.75) is 18.3 Å². The summed E-state index contributed by atoms with van der Waals surface area (Å²) in [7, 11) is 2.06. The Morgan fingerprint density at radius 1 is 1.31 bits per heavy atom. The van der Waals surface area contributed by atoms with Gasteiger partial charge in [0.25, 0.3) is 0 Å². The Morgan fingerprint density at radius 3 is 2.81 bits per heavy atom. The number of nitrogens with one attached hydrogen (secondary N) is 1. The van der Waals surface area contributed by atoms with Crippen LogP contribution in [-0.2, 0) is 5.41 Å². The van der Waals surface area contributed by atoms with Crippen LogP contribution in [0.5, 0.6) is 0 Å². The van der Waals surface area contributed by atoms with E-state index in [4.69, 9.17) is 0 Å². The number of hydrogen-bond donors (Lipinski definition) is 1. The predicted molar refractivity (Wildman–Crippen MR) is 63.5 cm³/mol. The number of likely N-dealkylation sites (N-methyl/N-ethyl adjacent to an activating group) is 1. The van der Waals surface area contributed by atoms with Crippen molar-refractivity contribution in [3.8, 4) is 0 Å². The first-order valence-corrected chi connectivity index (χ1v) is 5.93. The molecule has 1 aromatic rings. The largest absolute Gasteiger partial charge is 0.373 e. The lowest BCUT2D eigenvalue weighted by molar-refractivity contribution is 0.327. The lowest BCUT2D eigenvalue weighted by atomic mass is 9.75. The van der Waals surface area contributed by atoms with Crippen molar-refractivity contribution in [2.75, 3.05) is 31.6 Å². The van der Waals surface area contributed by atoms with E-state index in [9.17, 15) is 4.39 Å². The molecule has 86 valence electrons. The third kappa shape index (κ3) is 1.34. The number of hydrogen-bond acceptors (Lipinski definition) is 2. The molecule has 0 saturated carbocycles. The summed E-state index contributed by atoms with van der Waals surface area (Å²) in [6, 6.07) is 5.26. The van der Waals surface area contributed by atoms with Crippen LogP contribution >= 0.6 is 0 Å². The van der Waals surface area contributed by atoms with Crippen molar-refractivity contribution in [3.63, 3.8) is 0 Å². The first kappa shape index (κ1) is 10.1. The van der Waals surface area contributed by atoms with Gasteiger partial charge in [-0.1, -0.05) is 6.07 Å². The van der Waals surface area contributed by atoms with Gasteiger partial charge in [0, 0.05) is 24.7 Å². The van der Waals surface area contributed by atoms with E-state index in [0.29, 0.717) is 0 Å². The maximum absolute atomic E-state index is 13.3. The minimum atomic E-state index is -0.128. The first-order valence-electron chi connectivity index (χ1n) is 5.93. The molecule has 1 spiro atoms. The van der Waals surface area contributed by atoms with E-state index in [2.05, 4.69) is 17.3 Å². The maximum Gasteiger partial charge on any atom is 0.125 e. The van der Waals surface area contributed by atoms with Crippen LogP contribution in [0.2, 0.25) is 0 Å². The normalized spacial score (nSPS) is 22.5. The Bertz CT molecular complexity index is 410. The fourth-order valence-electron chi connectivity index (χ4n) is 3.23. The summed E-state index contributed by atoms with van der Waals surface area (Å²) >= 11 is 0. The van der Waals surface area contributed by atoms with Crippen LogP contribution in [-0.4, -0.2) is 26.7 Å². The molecule has 1 aromatic carbocycles. The molecule has 0 radical (unpaired) electrons. The van der Waals surface area contributed by atoms with Gasteiger partial charge in [-0.05, 0) is 43.6 Å². The lowest BCUT2D eigenvalue weighted by Gasteiger charge is -2.34. The van der Waals surface area contributed by atoms with E-state index in [-0.39, 0.29) is 11.2 Å². The van der Waals surface area contributed by atoms with Gasteiger partial charge in [-0.15, -0.1) is 0 Å².